The van der Waals surface area contributed by atoms with Gasteiger partial charge in [-0.15, -0.1) is 10.2 Å². The highest BCUT2D eigenvalue weighted by Crippen LogP contribution is 2.24. The summed E-state index contributed by atoms with van der Waals surface area (Å²) >= 11 is 7.27. The highest BCUT2D eigenvalue weighted by molar-refractivity contribution is 7.15. The zero-order valence-corrected chi connectivity index (χ0v) is 14.5. The number of anilines is 1. The number of carbonyl (C=O) groups excluding carboxylic acids is 1. The minimum atomic E-state index is -0.647. The van der Waals surface area contributed by atoms with Crippen LogP contribution in [0.25, 0.3) is 0 Å². The highest BCUT2D eigenvalue weighted by atomic mass is 35.5. The Bertz CT molecular complexity index is 673. The molecular weight excluding hydrogens is 322 g/mol. The maximum absolute atomic E-state index is 12.2. The molecule has 1 atom stereocenters. The molecule has 2 aromatic rings. The van der Waals surface area contributed by atoms with Crippen LogP contribution in [0.15, 0.2) is 18.2 Å². The van der Waals surface area contributed by atoms with E-state index in [2.05, 4.69) is 15.5 Å². The van der Waals surface area contributed by atoms with E-state index in [0.29, 0.717) is 15.9 Å². The molecule has 0 unspecified atom stereocenters. The van der Waals surface area contributed by atoms with Crippen molar-refractivity contribution >= 4 is 34.0 Å². The van der Waals surface area contributed by atoms with Crippen molar-refractivity contribution in [3.05, 3.63) is 33.8 Å². The van der Waals surface area contributed by atoms with Crippen molar-refractivity contribution in [2.24, 2.45) is 0 Å². The second kappa shape index (κ2) is 7.07. The molecule has 7 heteroatoms. The number of rotatable bonds is 5. The fourth-order valence-electron chi connectivity index (χ4n) is 1.71. The monoisotopic (exact) mass is 339 g/mol. The summed E-state index contributed by atoms with van der Waals surface area (Å²) in [5.74, 6) is 0.654. The highest BCUT2D eigenvalue weighted by Gasteiger charge is 2.18. The lowest BCUT2D eigenvalue weighted by Gasteiger charge is -2.15. The molecule has 1 N–H and O–H groups in total. The molecule has 0 saturated carbocycles. The summed E-state index contributed by atoms with van der Waals surface area (Å²) in [4.78, 5) is 12.2. The van der Waals surface area contributed by atoms with Crippen LogP contribution >= 0.6 is 22.9 Å². The van der Waals surface area contributed by atoms with Gasteiger partial charge in [-0.05, 0) is 37.6 Å². The average molecular weight is 340 g/mol. The third kappa shape index (κ3) is 4.18. The maximum Gasteiger partial charge on any atom is 0.266 e. The van der Waals surface area contributed by atoms with Crippen molar-refractivity contribution < 1.29 is 9.53 Å². The zero-order valence-electron chi connectivity index (χ0n) is 12.9. The van der Waals surface area contributed by atoms with Gasteiger partial charge in [-0.2, -0.15) is 0 Å². The molecule has 1 amide bonds. The molecule has 0 radical (unpaired) electrons. The van der Waals surface area contributed by atoms with Crippen molar-refractivity contribution in [3.8, 4) is 5.75 Å². The summed E-state index contributed by atoms with van der Waals surface area (Å²) in [5, 5.41) is 12.7. The Kier molecular flexibility index (Phi) is 5.37. The Labute approximate surface area is 138 Å². The van der Waals surface area contributed by atoms with Crippen LogP contribution in [0.5, 0.6) is 5.75 Å². The molecule has 1 heterocycles. The molecule has 0 saturated heterocycles. The molecular formula is C15H18ClN3O2S. The molecule has 118 valence electrons. The van der Waals surface area contributed by atoms with Gasteiger partial charge in [0.05, 0.1) is 0 Å². The fraction of sp³-hybridized carbons (Fsp3) is 0.400. The van der Waals surface area contributed by atoms with E-state index in [1.807, 2.05) is 20.8 Å². The molecule has 0 bridgehead atoms. The lowest BCUT2D eigenvalue weighted by molar-refractivity contribution is -0.122. The van der Waals surface area contributed by atoms with Gasteiger partial charge in [-0.25, -0.2) is 0 Å². The second-order valence-electron chi connectivity index (χ2n) is 5.26. The summed E-state index contributed by atoms with van der Waals surface area (Å²) in [6, 6.07) is 5.28. The number of aryl methyl sites for hydroxylation is 1. The standard InChI is InChI=1S/C15H18ClN3O2S/c1-8(2)14-18-19-15(22-14)17-13(20)10(4)21-12-6-5-11(16)7-9(12)3/h5-8,10H,1-4H3,(H,17,19,20)/t10-/m1/s1. The predicted octanol–water partition coefficient (Wildman–Crippen LogP) is 4.03. The van der Waals surface area contributed by atoms with Crippen LogP contribution in [-0.2, 0) is 4.79 Å². The van der Waals surface area contributed by atoms with E-state index in [0.717, 1.165) is 10.6 Å². The van der Waals surface area contributed by atoms with Crippen LogP contribution in [0.2, 0.25) is 5.02 Å². The van der Waals surface area contributed by atoms with Crippen LogP contribution in [0.4, 0.5) is 5.13 Å². The van der Waals surface area contributed by atoms with Crippen molar-refractivity contribution in [1.29, 1.82) is 0 Å². The van der Waals surface area contributed by atoms with Crippen LogP contribution in [0, 0.1) is 6.92 Å². The topological polar surface area (TPSA) is 64.1 Å². The molecule has 0 aliphatic rings. The molecule has 0 spiro atoms. The van der Waals surface area contributed by atoms with Crippen LogP contribution < -0.4 is 10.1 Å². The predicted molar refractivity (Wildman–Crippen MR) is 88.9 cm³/mol. The number of nitrogens with one attached hydrogen (secondary N) is 1. The summed E-state index contributed by atoms with van der Waals surface area (Å²) in [6.07, 6.45) is -0.647. The van der Waals surface area contributed by atoms with Crippen molar-refractivity contribution in [2.45, 2.75) is 39.7 Å². The Morgan fingerprint density at radius 1 is 1.32 bits per heavy atom. The van der Waals surface area contributed by atoms with E-state index in [9.17, 15) is 4.79 Å². The summed E-state index contributed by atoms with van der Waals surface area (Å²) in [6.45, 7) is 7.63. The number of benzene rings is 1. The third-order valence-corrected chi connectivity index (χ3v) is 4.35. The first kappa shape index (κ1) is 16.7. The van der Waals surface area contributed by atoms with Crippen LogP contribution in [-0.4, -0.2) is 22.2 Å². The summed E-state index contributed by atoms with van der Waals surface area (Å²) in [7, 11) is 0. The van der Waals surface area contributed by atoms with E-state index in [1.54, 1.807) is 25.1 Å². The molecule has 5 nitrogen and oxygen atoms in total. The first-order valence-electron chi connectivity index (χ1n) is 6.94. The minimum absolute atomic E-state index is 0.263. The van der Waals surface area contributed by atoms with Crippen LogP contribution in [0.1, 0.15) is 37.3 Å². The lowest BCUT2D eigenvalue weighted by atomic mass is 10.2. The molecule has 1 aromatic carbocycles. The SMILES string of the molecule is Cc1cc(Cl)ccc1O[C@H](C)C(=O)Nc1nnc(C(C)C)s1. The Morgan fingerprint density at radius 2 is 2.05 bits per heavy atom. The van der Waals surface area contributed by atoms with E-state index < -0.39 is 6.10 Å². The molecule has 22 heavy (non-hydrogen) atoms. The number of halogens is 1. The van der Waals surface area contributed by atoms with Crippen molar-refractivity contribution in [3.63, 3.8) is 0 Å². The number of hydrogen-bond acceptors (Lipinski definition) is 5. The van der Waals surface area contributed by atoms with Gasteiger partial charge < -0.3 is 4.74 Å². The average Bonchev–Trinajstić information content (AvgIpc) is 2.90. The first-order chi connectivity index (χ1) is 10.4. The second-order valence-corrected chi connectivity index (χ2v) is 6.70. The smallest absolute Gasteiger partial charge is 0.266 e. The van der Waals surface area contributed by atoms with Gasteiger partial charge in [0.2, 0.25) is 5.13 Å². The van der Waals surface area contributed by atoms with Crippen LogP contribution in [0.3, 0.4) is 0 Å². The van der Waals surface area contributed by atoms with E-state index in [1.165, 1.54) is 11.3 Å². The first-order valence-corrected chi connectivity index (χ1v) is 8.13. The number of nitrogens with zero attached hydrogens (tertiary/aromatic N) is 2. The van der Waals surface area contributed by atoms with Gasteiger partial charge in [-0.3, -0.25) is 10.1 Å². The Hall–Kier alpha value is -1.66. The van der Waals surface area contributed by atoms with Crippen molar-refractivity contribution in [2.75, 3.05) is 5.32 Å². The molecule has 2 rings (SSSR count). The summed E-state index contributed by atoms with van der Waals surface area (Å²) < 4.78 is 5.67. The van der Waals surface area contributed by atoms with E-state index >= 15 is 0 Å². The Morgan fingerprint density at radius 3 is 2.64 bits per heavy atom. The van der Waals surface area contributed by atoms with Crippen molar-refractivity contribution in [1.82, 2.24) is 10.2 Å². The third-order valence-electron chi connectivity index (χ3n) is 2.97. The number of hydrogen-bond donors (Lipinski definition) is 1. The fourth-order valence-corrected chi connectivity index (χ4v) is 2.69. The maximum atomic E-state index is 12.2. The van der Waals surface area contributed by atoms with Gasteiger partial charge >= 0.3 is 0 Å². The lowest BCUT2D eigenvalue weighted by Crippen LogP contribution is -2.30. The normalized spacial score (nSPS) is 12.3. The van der Waals surface area contributed by atoms with Gasteiger partial charge in [0.1, 0.15) is 10.8 Å². The minimum Gasteiger partial charge on any atom is -0.481 e. The van der Waals surface area contributed by atoms with Gasteiger partial charge in [0, 0.05) is 10.9 Å². The quantitative estimate of drug-likeness (QED) is 0.893. The van der Waals surface area contributed by atoms with Gasteiger partial charge in [0.25, 0.3) is 5.91 Å². The zero-order chi connectivity index (χ0) is 16.3. The molecule has 0 fully saturated rings. The molecule has 0 aliphatic heterocycles. The Balaban J connectivity index is 1.99. The number of amides is 1. The molecule has 0 aliphatic carbocycles. The van der Waals surface area contributed by atoms with E-state index in [-0.39, 0.29) is 11.8 Å². The van der Waals surface area contributed by atoms with Gasteiger partial charge in [0.15, 0.2) is 6.10 Å². The number of aromatic nitrogens is 2. The number of ether oxygens (including phenoxy) is 1. The van der Waals surface area contributed by atoms with Gasteiger partial charge in [-0.1, -0.05) is 36.8 Å². The largest absolute Gasteiger partial charge is 0.481 e. The number of carbonyl (C=O) groups is 1. The van der Waals surface area contributed by atoms with E-state index in [4.69, 9.17) is 16.3 Å². The molecule has 1 aromatic heterocycles. The summed E-state index contributed by atoms with van der Waals surface area (Å²) in [5.41, 5.74) is 0.880.